The van der Waals surface area contributed by atoms with E-state index in [1.807, 2.05) is 11.3 Å². The van der Waals surface area contributed by atoms with E-state index in [4.69, 9.17) is 4.98 Å². The van der Waals surface area contributed by atoms with Crippen LogP contribution in [0.3, 0.4) is 0 Å². The van der Waals surface area contributed by atoms with Gasteiger partial charge in [0.2, 0.25) is 0 Å². The molecule has 0 radical (unpaired) electrons. The van der Waals surface area contributed by atoms with Gasteiger partial charge in [-0.05, 0) is 43.4 Å². The van der Waals surface area contributed by atoms with Crippen LogP contribution in [0.15, 0.2) is 5.38 Å². The second-order valence-electron chi connectivity index (χ2n) is 8.07. The van der Waals surface area contributed by atoms with Gasteiger partial charge in [-0.15, -0.1) is 11.3 Å². The van der Waals surface area contributed by atoms with E-state index in [1.54, 1.807) is 0 Å². The topological polar surface area (TPSA) is 36.4 Å². The summed E-state index contributed by atoms with van der Waals surface area (Å²) < 4.78 is 0. The molecule has 4 aliphatic rings. The van der Waals surface area contributed by atoms with Crippen molar-refractivity contribution >= 4 is 11.3 Å². The molecular formula is C18H26N2OS. The molecule has 2 bridgehead atoms. The van der Waals surface area contributed by atoms with E-state index in [2.05, 4.69) is 10.3 Å². The van der Waals surface area contributed by atoms with Crippen molar-refractivity contribution in [3.05, 3.63) is 16.1 Å². The van der Waals surface area contributed by atoms with E-state index in [1.165, 1.54) is 62.2 Å². The summed E-state index contributed by atoms with van der Waals surface area (Å²) in [7, 11) is 0. The average Bonchev–Trinajstić information content (AvgIpc) is 3.25. The first kappa shape index (κ1) is 13.9. The van der Waals surface area contributed by atoms with E-state index in [9.17, 15) is 5.11 Å². The Balaban J connectivity index is 1.30. The number of nitrogens with zero attached hydrogens (tertiary/aromatic N) is 2. The van der Waals surface area contributed by atoms with Crippen molar-refractivity contribution in [2.45, 2.75) is 69.6 Å². The molecule has 1 aromatic rings. The van der Waals surface area contributed by atoms with Gasteiger partial charge in [0.05, 0.1) is 18.3 Å². The third-order valence-corrected chi connectivity index (χ3v) is 7.73. The monoisotopic (exact) mass is 318 g/mol. The fraction of sp³-hybridized carbons (Fsp3) is 0.833. The molecule has 4 heteroatoms. The molecule has 1 N–H and O–H groups in total. The highest BCUT2D eigenvalue weighted by Gasteiger charge is 2.58. The summed E-state index contributed by atoms with van der Waals surface area (Å²) in [5.41, 5.74) is 1.35. The first-order valence-corrected chi connectivity index (χ1v) is 10.0. The minimum Gasteiger partial charge on any atom is -0.391 e. The molecule has 22 heavy (non-hydrogen) atoms. The van der Waals surface area contributed by atoms with Crippen molar-refractivity contribution in [2.24, 2.45) is 17.8 Å². The number of fused-ring (bicyclic) bond motifs is 1. The van der Waals surface area contributed by atoms with Crippen LogP contribution in [0, 0.1) is 17.8 Å². The predicted octanol–water partition coefficient (Wildman–Crippen LogP) is 3.39. The molecule has 4 fully saturated rings. The van der Waals surface area contributed by atoms with Gasteiger partial charge in [-0.1, -0.05) is 19.3 Å². The van der Waals surface area contributed by atoms with E-state index in [0.29, 0.717) is 12.0 Å². The molecule has 3 aliphatic carbocycles. The number of aliphatic hydroxyl groups is 1. The van der Waals surface area contributed by atoms with Gasteiger partial charge >= 0.3 is 0 Å². The average molecular weight is 318 g/mol. The van der Waals surface area contributed by atoms with Crippen molar-refractivity contribution in [3.63, 3.8) is 0 Å². The van der Waals surface area contributed by atoms with Gasteiger partial charge < -0.3 is 5.11 Å². The van der Waals surface area contributed by atoms with Crippen LogP contribution >= 0.6 is 11.3 Å². The Bertz CT molecular complexity index is 551. The molecule has 2 heterocycles. The SMILES string of the molecule is OC1C2CC3CN(Cc4nc(C5CCCCC5)cs4)C1C3C2. The Morgan fingerprint density at radius 2 is 2.05 bits per heavy atom. The fourth-order valence-electron chi connectivity index (χ4n) is 5.88. The molecular weight excluding hydrogens is 292 g/mol. The van der Waals surface area contributed by atoms with Gasteiger partial charge in [0.1, 0.15) is 5.01 Å². The zero-order chi connectivity index (χ0) is 14.7. The standard InChI is InChI=1S/C18H26N2OS/c21-18-12-6-13-8-20(17(18)14(13)7-12)9-16-19-15(10-22-16)11-4-2-1-3-5-11/h10-14,17-18,21H,1-9H2. The molecule has 1 aliphatic heterocycles. The maximum Gasteiger partial charge on any atom is 0.107 e. The van der Waals surface area contributed by atoms with Gasteiger partial charge in [0.25, 0.3) is 0 Å². The number of rotatable bonds is 3. The van der Waals surface area contributed by atoms with Crippen LogP contribution < -0.4 is 0 Å². The molecule has 0 amide bonds. The van der Waals surface area contributed by atoms with Gasteiger partial charge in [-0.3, -0.25) is 4.90 Å². The van der Waals surface area contributed by atoms with E-state index in [-0.39, 0.29) is 6.10 Å². The molecule has 3 nitrogen and oxygen atoms in total. The number of hydrogen-bond acceptors (Lipinski definition) is 4. The normalized spacial score (nSPS) is 41.6. The smallest absolute Gasteiger partial charge is 0.107 e. The summed E-state index contributed by atoms with van der Waals surface area (Å²) in [5, 5.41) is 14.1. The third-order valence-electron chi connectivity index (χ3n) is 6.88. The molecule has 0 spiro atoms. The van der Waals surface area contributed by atoms with Gasteiger partial charge in [0, 0.05) is 23.9 Å². The predicted molar refractivity (Wildman–Crippen MR) is 87.8 cm³/mol. The highest BCUT2D eigenvalue weighted by Crippen LogP contribution is 2.55. The van der Waals surface area contributed by atoms with E-state index < -0.39 is 0 Å². The molecule has 0 aromatic carbocycles. The molecule has 5 rings (SSSR count). The lowest BCUT2D eigenvalue weighted by molar-refractivity contribution is 0.0484. The molecule has 3 saturated carbocycles. The largest absolute Gasteiger partial charge is 0.391 e. The number of aromatic nitrogens is 1. The Kier molecular flexibility index (Phi) is 3.35. The second-order valence-corrected chi connectivity index (χ2v) is 9.01. The molecule has 5 atom stereocenters. The Morgan fingerprint density at radius 1 is 1.18 bits per heavy atom. The van der Waals surface area contributed by atoms with Crippen LogP contribution in [-0.4, -0.2) is 33.7 Å². The quantitative estimate of drug-likeness (QED) is 0.928. The number of thiazole rings is 1. The molecule has 5 unspecified atom stereocenters. The lowest BCUT2D eigenvalue weighted by atomic mass is 9.87. The maximum absolute atomic E-state index is 10.5. The van der Waals surface area contributed by atoms with Gasteiger partial charge in [-0.25, -0.2) is 4.98 Å². The van der Waals surface area contributed by atoms with Gasteiger partial charge in [-0.2, -0.15) is 0 Å². The van der Waals surface area contributed by atoms with E-state index in [0.717, 1.165) is 24.3 Å². The highest BCUT2D eigenvalue weighted by atomic mass is 32.1. The van der Waals surface area contributed by atoms with Crippen LogP contribution in [0.25, 0.3) is 0 Å². The zero-order valence-electron chi connectivity index (χ0n) is 13.2. The first-order valence-electron chi connectivity index (χ1n) is 9.16. The minimum atomic E-state index is -0.0680. The Hall–Kier alpha value is -0.450. The van der Waals surface area contributed by atoms with Crippen LogP contribution in [-0.2, 0) is 6.54 Å². The van der Waals surface area contributed by atoms with Crippen molar-refractivity contribution in [2.75, 3.05) is 6.54 Å². The van der Waals surface area contributed by atoms with Crippen LogP contribution in [0.1, 0.15) is 61.6 Å². The highest BCUT2D eigenvalue weighted by molar-refractivity contribution is 7.09. The number of aliphatic hydroxyl groups excluding tert-OH is 1. The molecule has 1 aromatic heterocycles. The fourth-order valence-corrected chi connectivity index (χ4v) is 6.78. The minimum absolute atomic E-state index is 0.0680. The summed E-state index contributed by atoms with van der Waals surface area (Å²) in [6.45, 7) is 2.17. The summed E-state index contributed by atoms with van der Waals surface area (Å²) in [6.07, 6.45) is 9.31. The third kappa shape index (κ3) is 2.10. The Morgan fingerprint density at radius 3 is 2.86 bits per heavy atom. The summed E-state index contributed by atoms with van der Waals surface area (Å²) in [6, 6.07) is 0.436. The van der Waals surface area contributed by atoms with Crippen molar-refractivity contribution in [3.8, 4) is 0 Å². The van der Waals surface area contributed by atoms with Crippen molar-refractivity contribution < 1.29 is 5.11 Å². The number of likely N-dealkylation sites (tertiary alicyclic amines) is 1. The molecule has 120 valence electrons. The van der Waals surface area contributed by atoms with Crippen molar-refractivity contribution in [1.82, 2.24) is 9.88 Å². The first-order chi connectivity index (χ1) is 10.8. The summed E-state index contributed by atoms with van der Waals surface area (Å²) in [4.78, 5) is 7.52. The lowest BCUT2D eigenvalue weighted by Crippen LogP contribution is -2.40. The number of hydrogen-bond donors (Lipinski definition) is 1. The van der Waals surface area contributed by atoms with Crippen LogP contribution in [0.5, 0.6) is 0 Å². The lowest BCUT2D eigenvalue weighted by Gasteiger charge is -2.28. The van der Waals surface area contributed by atoms with Crippen molar-refractivity contribution in [1.29, 1.82) is 0 Å². The zero-order valence-corrected chi connectivity index (χ0v) is 14.0. The summed E-state index contributed by atoms with van der Waals surface area (Å²) >= 11 is 1.85. The van der Waals surface area contributed by atoms with Crippen LogP contribution in [0.4, 0.5) is 0 Å². The van der Waals surface area contributed by atoms with Crippen LogP contribution in [0.2, 0.25) is 0 Å². The maximum atomic E-state index is 10.5. The Labute approximate surface area is 136 Å². The summed E-state index contributed by atoms with van der Waals surface area (Å²) in [5.74, 6) is 2.95. The van der Waals surface area contributed by atoms with E-state index >= 15 is 0 Å². The second kappa shape index (κ2) is 5.29. The molecule has 1 saturated heterocycles. The van der Waals surface area contributed by atoms with Gasteiger partial charge in [0.15, 0.2) is 0 Å².